The van der Waals surface area contributed by atoms with Crippen LogP contribution in [0.25, 0.3) is 0 Å². The molecular weight excluding hydrogens is 407 g/mol. The van der Waals surface area contributed by atoms with Gasteiger partial charge >= 0.3 is 5.97 Å². The van der Waals surface area contributed by atoms with E-state index in [0.29, 0.717) is 10.5 Å². The maximum atomic E-state index is 13.6. The van der Waals surface area contributed by atoms with Gasteiger partial charge in [0.25, 0.3) is 5.91 Å². The fourth-order valence-electron chi connectivity index (χ4n) is 1.92. The van der Waals surface area contributed by atoms with E-state index in [1.54, 1.807) is 0 Å². The second kappa shape index (κ2) is 8.02. The molecule has 5 nitrogen and oxygen atoms in total. The quantitative estimate of drug-likeness (QED) is 0.756. The van der Waals surface area contributed by atoms with Gasteiger partial charge < -0.3 is 15.2 Å². The zero-order valence-corrected chi connectivity index (χ0v) is 14.0. The minimum absolute atomic E-state index is 0.158. The van der Waals surface area contributed by atoms with Crippen molar-refractivity contribution in [1.29, 1.82) is 0 Å². The van der Waals surface area contributed by atoms with Gasteiger partial charge in [0.05, 0.1) is 0 Å². The van der Waals surface area contributed by atoms with Crippen molar-refractivity contribution in [2.24, 2.45) is 0 Å². The van der Waals surface area contributed by atoms with Crippen LogP contribution >= 0.6 is 15.9 Å². The van der Waals surface area contributed by atoms with Crippen LogP contribution in [0.3, 0.4) is 0 Å². The monoisotopic (exact) mass is 417 g/mol. The summed E-state index contributed by atoms with van der Waals surface area (Å²) in [4.78, 5) is 23.1. The molecule has 0 bridgehead atoms. The molecule has 0 spiro atoms. The fourth-order valence-corrected chi connectivity index (χ4v) is 2.25. The van der Waals surface area contributed by atoms with E-state index in [0.717, 1.165) is 18.2 Å². The van der Waals surface area contributed by atoms with Crippen LogP contribution in [0.5, 0.6) is 5.75 Å². The van der Waals surface area contributed by atoms with Crippen LogP contribution in [-0.2, 0) is 9.59 Å². The smallest absolute Gasteiger partial charge is 0.330 e. The minimum Gasteiger partial charge on any atom is -0.481 e. The summed E-state index contributed by atoms with van der Waals surface area (Å²) in [5.74, 6) is -5.65. The second-order valence-corrected chi connectivity index (χ2v) is 5.79. The lowest BCUT2D eigenvalue weighted by Gasteiger charge is -2.15. The van der Waals surface area contributed by atoms with Gasteiger partial charge in [0.2, 0.25) is 0 Å². The number of carboxylic acid groups (broad SMARTS) is 1. The molecule has 0 heterocycles. The number of carbonyl (C=O) groups excluding carboxylic acids is 1. The van der Waals surface area contributed by atoms with Crippen LogP contribution in [0.4, 0.5) is 13.2 Å². The van der Waals surface area contributed by atoms with Gasteiger partial charge in [-0.3, -0.25) is 4.79 Å². The van der Waals surface area contributed by atoms with Crippen molar-refractivity contribution in [3.05, 3.63) is 63.9 Å². The zero-order valence-electron chi connectivity index (χ0n) is 12.4. The number of benzene rings is 2. The molecule has 0 aromatic heterocycles. The standard InChI is InChI=1S/C16H11BrF3NO4/c17-9-2-4-13(12(20)6-9)25-7-14(22)21-15(16(23)24)8-1-3-10(18)11(19)5-8/h1-6,15H,7H2,(H,21,22)(H,23,24). The summed E-state index contributed by atoms with van der Waals surface area (Å²) in [7, 11) is 0. The summed E-state index contributed by atoms with van der Waals surface area (Å²) in [6.45, 7) is -0.661. The highest BCUT2D eigenvalue weighted by Crippen LogP contribution is 2.21. The fraction of sp³-hybridized carbons (Fsp3) is 0.125. The van der Waals surface area contributed by atoms with Gasteiger partial charge in [-0.05, 0) is 35.9 Å². The van der Waals surface area contributed by atoms with Crippen molar-refractivity contribution < 1.29 is 32.6 Å². The molecule has 1 unspecified atom stereocenters. The zero-order chi connectivity index (χ0) is 18.6. The summed E-state index contributed by atoms with van der Waals surface area (Å²) < 4.78 is 45.2. The molecule has 9 heteroatoms. The summed E-state index contributed by atoms with van der Waals surface area (Å²) in [6.07, 6.45) is 0. The topological polar surface area (TPSA) is 75.6 Å². The highest BCUT2D eigenvalue weighted by atomic mass is 79.9. The van der Waals surface area contributed by atoms with Crippen LogP contribution in [0, 0.1) is 17.5 Å². The Hall–Kier alpha value is -2.55. The summed E-state index contributed by atoms with van der Waals surface area (Å²) in [5, 5.41) is 11.3. The van der Waals surface area contributed by atoms with Crippen molar-refractivity contribution in [1.82, 2.24) is 5.32 Å². The first-order valence-corrected chi connectivity index (χ1v) is 7.62. The molecule has 0 fully saturated rings. The Bertz CT molecular complexity index is 816. The van der Waals surface area contributed by atoms with E-state index in [2.05, 4.69) is 21.2 Å². The van der Waals surface area contributed by atoms with Gasteiger partial charge in [0.15, 0.2) is 35.8 Å². The third-order valence-corrected chi connectivity index (χ3v) is 3.58. The van der Waals surface area contributed by atoms with E-state index in [-0.39, 0.29) is 11.3 Å². The number of hydrogen-bond acceptors (Lipinski definition) is 3. The Morgan fingerprint density at radius 3 is 2.40 bits per heavy atom. The first-order chi connectivity index (χ1) is 11.8. The summed E-state index contributed by atoms with van der Waals surface area (Å²) in [5.41, 5.74) is -0.158. The third kappa shape index (κ3) is 4.96. The molecule has 1 amide bonds. The number of halogens is 4. The predicted molar refractivity (Wildman–Crippen MR) is 84.5 cm³/mol. The van der Waals surface area contributed by atoms with Crippen LogP contribution in [0.2, 0.25) is 0 Å². The number of hydrogen-bond donors (Lipinski definition) is 2. The maximum absolute atomic E-state index is 13.6. The van der Waals surface area contributed by atoms with Gasteiger partial charge in [-0.2, -0.15) is 0 Å². The Balaban J connectivity index is 2.05. The number of carboxylic acids is 1. The summed E-state index contributed by atoms with van der Waals surface area (Å²) in [6, 6.07) is 4.76. The number of rotatable bonds is 6. The van der Waals surface area contributed by atoms with Crippen molar-refractivity contribution in [3.8, 4) is 5.75 Å². The van der Waals surface area contributed by atoms with Crippen molar-refractivity contribution >= 4 is 27.8 Å². The predicted octanol–water partition coefficient (Wildman–Crippen LogP) is 3.19. The molecule has 0 aliphatic heterocycles. The van der Waals surface area contributed by atoms with Crippen LogP contribution in [0.15, 0.2) is 40.9 Å². The number of amides is 1. The molecule has 2 rings (SSSR count). The highest BCUT2D eigenvalue weighted by molar-refractivity contribution is 9.10. The van der Waals surface area contributed by atoms with Crippen molar-refractivity contribution in [3.63, 3.8) is 0 Å². The number of ether oxygens (including phenoxy) is 1. The Morgan fingerprint density at radius 1 is 1.08 bits per heavy atom. The lowest BCUT2D eigenvalue weighted by molar-refractivity contribution is -0.142. The van der Waals surface area contributed by atoms with E-state index in [9.17, 15) is 22.8 Å². The van der Waals surface area contributed by atoms with Gasteiger partial charge in [0, 0.05) is 4.47 Å². The number of aliphatic carboxylic acids is 1. The molecule has 25 heavy (non-hydrogen) atoms. The average molecular weight is 418 g/mol. The Morgan fingerprint density at radius 2 is 1.80 bits per heavy atom. The molecule has 2 N–H and O–H groups in total. The molecule has 1 atom stereocenters. The largest absolute Gasteiger partial charge is 0.481 e. The molecule has 0 radical (unpaired) electrons. The van der Waals surface area contributed by atoms with Crippen molar-refractivity contribution in [2.75, 3.05) is 6.61 Å². The maximum Gasteiger partial charge on any atom is 0.330 e. The van der Waals surface area contributed by atoms with Crippen LogP contribution in [-0.4, -0.2) is 23.6 Å². The molecule has 2 aromatic rings. The third-order valence-electron chi connectivity index (χ3n) is 3.08. The van der Waals surface area contributed by atoms with Crippen LogP contribution in [0.1, 0.15) is 11.6 Å². The van der Waals surface area contributed by atoms with Gasteiger partial charge in [0.1, 0.15) is 0 Å². The molecule has 0 aliphatic rings. The second-order valence-electron chi connectivity index (χ2n) is 4.88. The number of carbonyl (C=O) groups is 2. The van der Waals surface area contributed by atoms with Gasteiger partial charge in [-0.1, -0.05) is 22.0 Å². The first-order valence-electron chi connectivity index (χ1n) is 6.83. The SMILES string of the molecule is O=C(COc1ccc(Br)cc1F)NC(C(=O)O)c1ccc(F)c(F)c1. The highest BCUT2D eigenvalue weighted by Gasteiger charge is 2.23. The molecular formula is C16H11BrF3NO4. The number of nitrogens with one attached hydrogen (secondary N) is 1. The normalized spacial score (nSPS) is 11.7. The lowest BCUT2D eigenvalue weighted by Crippen LogP contribution is -2.36. The average Bonchev–Trinajstić information content (AvgIpc) is 2.54. The molecule has 2 aromatic carbocycles. The minimum atomic E-state index is -1.61. The van der Waals surface area contributed by atoms with Crippen molar-refractivity contribution in [2.45, 2.75) is 6.04 Å². The van der Waals surface area contributed by atoms with Crippen LogP contribution < -0.4 is 10.1 Å². The van der Waals surface area contributed by atoms with E-state index in [1.807, 2.05) is 0 Å². The lowest BCUT2D eigenvalue weighted by atomic mass is 10.1. The molecule has 132 valence electrons. The van der Waals surface area contributed by atoms with E-state index in [1.165, 1.54) is 12.1 Å². The molecule has 0 aliphatic carbocycles. The Kier molecular flexibility index (Phi) is 6.02. The van der Waals surface area contributed by atoms with Gasteiger partial charge in [-0.15, -0.1) is 0 Å². The van der Waals surface area contributed by atoms with Gasteiger partial charge in [-0.25, -0.2) is 18.0 Å². The first kappa shape index (κ1) is 18.8. The van der Waals surface area contributed by atoms with E-state index in [4.69, 9.17) is 9.84 Å². The Labute approximate surface area is 148 Å². The van der Waals surface area contributed by atoms with E-state index >= 15 is 0 Å². The molecule has 0 saturated heterocycles. The van der Waals surface area contributed by atoms with E-state index < -0.39 is 42.0 Å². The molecule has 0 saturated carbocycles. The summed E-state index contributed by atoms with van der Waals surface area (Å²) >= 11 is 3.06.